The molecule has 2 amide bonds. The fourth-order valence-corrected chi connectivity index (χ4v) is 3.98. The van der Waals surface area contributed by atoms with Crippen molar-refractivity contribution in [3.8, 4) is 0 Å². The summed E-state index contributed by atoms with van der Waals surface area (Å²) in [6.07, 6.45) is 1.98. The van der Waals surface area contributed by atoms with Crippen LogP contribution in [-0.4, -0.2) is 22.8 Å². The van der Waals surface area contributed by atoms with Crippen LogP contribution < -0.4 is 10.6 Å². The summed E-state index contributed by atoms with van der Waals surface area (Å²) in [6, 6.07) is 15.0. The zero-order valence-electron chi connectivity index (χ0n) is 13.6. The second-order valence-corrected chi connectivity index (χ2v) is 7.54. The molecule has 0 saturated heterocycles. The van der Waals surface area contributed by atoms with E-state index >= 15 is 0 Å². The number of rotatable bonds is 5. The molecule has 25 heavy (non-hydrogen) atoms. The first-order chi connectivity index (χ1) is 12.1. The summed E-state index contributed by atoms with van der Waals surface area (Å²) in [5.74, 6) is 0.504. The molecule has 0 saturated carbocycles. The first-order valence-electron chi connectivity index (χ1n) is 8.18. The molecule has 4 nitrogen and oxygen atoms in total. The highest BCUT2D eigenvalue weighted by Crippen LogP contribution is 2.27. The van der Waals surface area contributed by atoms with Crippen LogP contribution in [0.4, 0.5) is 11.4 Å². The smallest absolute Gasteiger partial charge is 0.237 e. The van der Waals surface area contributed by atoms with Crippen molar-refractivity contribution in [1.82, 2.24) is 0 Å². The summed E-state index contributed by atoms with van der Waals surface area (Å²) in [6.45, 7) is 0. The number of amides is 2. The minimum Gasteiger partial charge on any atom is -0.325 e. The van der Waals surface area contributed by atoms with Crippen molar-refractivity contribution >= 4 is 46.6 Å². The Morgan fingerprint density at radius 3 is 2.80 bits per heavy atom. The largest absolute Gasteiger partial charge is 0.325 e. The maximum atomic E-state index is 12.3. The molecule has 6 heteroatoms. The van der Waals surface area contributed by atoms with E-state index in [0.29, 0.717) is 22.9 Å². The molecule has 130 valence electrons. The van der Waals surface area contributed by atoms with Crippen LogP contribution in [0.5, 0.6) is 0 Å². The lowest BCUT2D eigenvalue weighted by Gasteiger charge is -2.13. The van der Waals surface area contributed by atoms with E-state index in [4.69, 9.17) is 11.6 Å². The molecule has 3 rings (SSSR count). The van der Waals surface area contributed by atoms with E-state index in [0.717, 1.165) is 24.1 Å². The van der Waals surface area contributed by atoms with E-state index in [9.17, 15) is 9.59 Å². The number of aryl methyl sites for hydroxylation is 1. The van der Waals surface area contributed by atoms with Gasteiger partial charge >= 0.3 is 0 Å². The lowest BCUT2D eigenvalue weighted by Crippen LogP contribution is -2.24. The average Bonchev–Trinajstić information content (AvgIpc) is 2.76. The second kappa shape index (κ2) is 8.41. The summed E-state index contributed by atoms with van der Waals surface area (Å²) in [5, 5.41) is 6.16. The van der Waals surface area contributed by atoms with Gasteiger partial charge in [0.1, 0.15) is 0 Å². The van der Waals surface area contributed by atoms with Crippen LogP contribution >= 0.6 is 23.4 Å². The zero-order chi connectivity index (χ0) is 17.6. The second-order valence-electron chi connectivity index (χ2n) is 5.82. The van der Waals surface area contributed by atoms with Crippen molar-refractivity contribution in [3.05, 3.63) is 59.1 Å². The minimum absolute atomic E-state index is 0.0152. The van der Waals surface area contributed by atoms with Gasteiger partial charge in [-0.15, -0.1) is 11.8 Å². The molecule has 1 atom stereocenters. The van der Waals surface area contributed by atoms with Crippen LogP contribution in [0.2, 0.25) is 5.02 Å². The third-order valence-corrected chi connectivity index (χ3v) is 5.66. The molecule has 0 aliphatic carbocycles. The molecular formula is C19H19ClN2O2S. The van der Waals surface area contributed by atoms with E-state index in [1.807, 2.05) is 36.4 Å². The van der Waals surface area contributed by atoms with Crippen LogP contribution in [0.3, 0.4) is 0 Å². The molecule has 2 aromatic carbocycles. The standard InChI is InChI=1S/C19H19ClN2O2S/c20-14-6-2-4-8-16(14)21-18(23)11-12-25-17-10-9-13-5-1-3-7-15(13)22-19(17)24/h1-8,17H,9-12H2,(H,21,23)(H,22,24)/t17-/m1/s1. The number of fused-ring (bicyclic) bond motifs is 1. The SMILES string of the molecule is O=C(CCS[C@@H]1CCc2ccccc2NC1=O)Nc1ccccc1Cl. The first kappa shape index (κ1) is 17.8. The maximum Gasteiger partial charge on any atom is 0.237 e. The molecule has 0 aromatic heterocycles. The van der Waals surface area contributed by atoms with Gasteiger partial charge in [-0.05, 0) is 36.6 Å². The van der Waals surface area contributed by atoms with Gasteiger partial charge in [0.25, 0.3) is 0 Å². The summed E-state index contributed by atoms with van der Waals surface area (Å²) in [7, 11) is 0. The summed E-state index contributed by atoms with van der Waals surface area (Å²) in [4.78, 5) is 24.4. The number of thioether (sulfide) groups is 1. The number of hydrogen-bond acceptors (Lipinski definition) is 3. The number of carbonyl (C=O) groups is 2. The van der Waals surface area contributed by atoms with Crippen molar-refractivity contribution in [1.29, 1.82) is 0 Å². The number of para-hydroxylation sites is 2. The Hall–Kier alpha value is -1.98. The Kier molecular flexibility index (Phi) is 6.00. The van der Waals surface area contributed by atoms with Gasteiger partial charge in [0, 0.05) is 17.9 Å². The van der Waals surface area contributed by atoms with Gasteiger partial charge in [0.2, 0.25) is 11.8 Å². The third-order valence-electron chi connectivity index (χ3n) is 4.04. The normalized spacial score (nSPS) is 16.5. The Balaban J connectivity index is 1.48. The van der Waals surface area contributed by atoms with Gasteiger partial charge in [-0.3, -0.25) is 9.59 Å². The molecule has 0 fully saturated rings. The van der Waals surface area contributed by atoms with E-state index in [1.54, 1.807) is 12.1 Å². The fourth-order valence-electron chi connectivity index (χ4n) is 2.72. The van der Waals surface area contributed by atoms with Crippen molar-refractivity contribution in [2.24, 2.45) is 0 Å². The predicted octanol–water partition coefficient (Wildman–Crippen LogP) is 4.36. The Bertz CT molecular complexity index is 782. The van der Waals surface area contributed by atoms with Gasteiger partial charge in [-0.25, -0.2) is 0 Å². The topological polar surface area (TPSA) is 58.2 Å². The molecular weight excluding hydrogens is 356 g/mol. The van der Waals surface area contributed by atoms with Crippen molar-refractivity contribution in [3.63, 3.8) is 0 Å². The molecule has 0 unspecified atom stereocenters. The van der Waals surface area contributed by atoms with Crippen molar-refractivity contribution in [2.45, 2.75) is 24.5 Å². The van der Waals surface area contributed by atoms with Crippen LogP contribution in [0.1, 0.15) is 18.4 Å². The lowest BCUT2D eigenvalue weighted by atomic mass is 10.1. The molecule has 0 bridgehead atoms. The average molecular weight is 375 g/mol. The summed E-state index contributed by atoms with van der Waals surface area (Å²) < 4.78 is 0. The molecule has 1 aliphatic rings. The van der Waals surface area contributed by atoms with Gasteiger partial charge in [0.05, 0.1) is 16.0 Å². The Morgan fingerprint density at radius 1 is 1.20 bits per heavy atom. The minimum atomic E-state index is -0.138. The van der Waals surface area contributed by atoms with Gasteiger partial charge in [0.15, 0.2) is 0 Å². The Morgan fingerprint density at radius 2 is 1.96 bits per heavy atom. The molecule has 0 spiro atoms. The molecule has 2 N–H and O–H groups in total. The monoisotopic (exact) mass is 374 g/mol. The van der Waals surface area contributed by atoms with Gasteiger partial charge in [-0.2, -0.15) is 0 Å². The number of halogens is 1. The number of nitrogens with one attached hydrogen (secondary N) is 2. The van der Waals surface area contributed by atoms with Gasteiger partial charge in [-0.1, -0.05) is 41.9 Å². The number of anilines is 2. The zero-order valence-corrected chi connectivity index (χ0v) is 15.2. The molecule has 2 aromatic rings. The summed E-state index contributed by atoms with van der Waals surface area (Å²) >= 11 is 7.56. The fraction of sp³-hybridized carbons (Fsp3) is 0.263. The van der Waals surface area contributed by atoms with Crippen molar-refractivity contribution < 1.29 is 9.59 Å². The van der Waals surface area contributed by atoms with Crippen LogP contribution in [0, 0.1) is 0 Å². The molecule has 1 heterocycles. The number of benzene rings is 2. The third kappa shape index (κ3) is 4.77. The maximum absolute atomic E-state index is 12.3. The summed E-state index contributed by atoms with van der Waals surface area (Å²) in [5.41, 5.74) is 2.67. The van der Waals surface area contributed by atoms with E-state index in [1.165, 1.54) is 11.8 Å². The lowest BCUT2D eigenvalue weighted by molar-refractivity contribution is -0.116. The highest BCUT2D eigenvalue weighted by molar-refractivity contribution is 8.00. The predicted molar refractivity (Wildman–Crippen MR) is 104 cm³/mol. The Labute approximate surface area is 156 Å². The van der Waals surface area contributed by atoms with Crippen LogP contribution in [-0.2, 0) is 16.0 Å². The molecule has 0 radical (unpaired) electrons. The highest BCUT2D eigenvalue weighted by Gasteiger charge is 2.23. The number of hydrogen-bond donors (Lipinski definition) is 2. The van der Waals surface area contributed by atoms with E-state index in [2.05, 4.69) is 10.6 Å². The van der Waals surface area contributed by atoms with Gasteiger partial charge < -0.3 is 10.6 Å². The first-order valence-corrected chi connectivity index (χ1v) is 9.61. The van der Waals surface area contributed by atoms with Crippen molar-refractivity contribution in [2.75, 3.05) is 16.4 Å². The molecule has 1 aliphatic heterocycles. The highest BCUT2D eigenvalue weighted by atomic mass is 35.5. The van der Waals surface area contributed by atoms with Crippen LogP contribution in [0.25, 0.3) is 0 Å². The van der Waals surface area contributed by atoms with E-state index in [-0.39, 0.29) is 17.1 Å². The van der Waals surface area contributed by atoms with Crippen LogP contribution in [0.15, 0.2) is 48.5 Å². The van der Waals surface area contributed by atoms with E-state index < -0.39 is 0 Å². The number of carbonyl (C=O) groups excluding carboxylic acids is 2. The quantitative estimate of drug-likeness (QED) is 0.817.